The lowest BCUT2D eigenvalue weighted by Crippen LogP contribution is -2.12. The monoisotopic (exact) mass is 248 g/mol. The summed E-state index contributed by atoms with van der Waals surface area (Å²) < 4.78 is 6.64. The Labute approximate surface area is 105 Å². The molecule has 3 nitrogen and oxygen atoms in total. The van der Waals surface area contributed by atoms with Crippen molar-refractivity contribution >= 4 is 21.6 Å². The Balaban J connectivity index is 2.13. The summed E-state index contributed by atoms with van der Waals surface area (Å²) in [5, 5.41) is 4.70. The van der Waals surface area contributed by atoms with Crippen LogP contribution in [0.5, 0.6) is 5.75 Å². The Morgan fingerprint density at radius 2 is 2.35 bits per heavy atom. The maximum Gasteiger partial charge on any atom is 0.145 e. The van der Waals surface area contributed by atoms with Crippen LogP contribution in [0.15, 0.2) is 12.1 Å². The van der Waals surface area contributed by atoms with E-state index < -0.39 is 0 Å². The van der Waals surface area contributed by atoms with Crippen molar-refractivity contribution in [3.8, 4) is 5.75 Å². The minimum atomic E-state index is 0.441. The number of methoxy groups -OCH3 is 1. The standard InChI is InChI=1S/C13H16N2OS/c1-8-5-6-10(16-2)11-12(8)17-13(15-11)9-4-3-7-14-9/h5-6,9,14H,3-4,7H2,1-2H3. The first kappa shape index (κ1) is 11.0. The summed E-state index contributed by atoms with van der Waals surface area (Å²) in [6.07, 6.45) is 2.44. The van der Waals surface area contributed by atoms with Crippen LogP contribution in [0.1, 0.15) is 29.5 Å². The number of aryl methyl sites for hydroxylation is 1. The van der Waals surface area contributed by atoms with Crippen molar-refractivity contribution < 1.29 is 4.74 Å². The van der Waals surface area contributed by atoms with E-state index in [1.807, 2.05) is 6.07 Å². The number of hydrogen-bond acceptors (Lipinski definition) is 4. The predicted octanol–water partition coefficient (Wildman–Crippen LogP) is 3.04. The van der Waals surface area contributed by atoms with Gasteiger partial charge in [-0.15, -0.1) is 11.3 Å². The lowest BCUT2D eigenvalue weighted by molar-refractivity contribution is 0.419. The molecule has 3 rings (SSSR count). The fraction of sp³-hybridized carbons (Fsp3) is 0.462. The van der Waals surface area contributed by atoms with Gasteiger partial charge in [-0.1, -0.05) is 6.07 Å². The Morgan fingerprint density at radius 3 is 3.06 bits per heavy atom. The largest absolute Gasteiger partial charge is 0.494 e. The van der Waals surface area contributed by atoms with Crippen LogP contribution in [0.25, 0.3) is 10.2 Å². The normalized spacial score (nSPS) is 20.0. The number of hydrogen-bond donors (Lipinski definition) is 1. The maximum atomic E-state index is 5.38. The highest BCUT2D eigenvalue weighted by molar-refractivity contribution is 7.18. The van der Waals surface area contributed by atoms with Crippen molar-refractivity contribution in [2.24, 2.45) is 0 Å². The van der Waals surface area contributed by atoms with Crippen molar-refractivity contribution in [2.45, 2.75) is 25.8 Å². The Kier molecular flexibility index (Phi) is 2.76. The summed E-state index contributed by atoms with van der Waals surface area (Å²) in [7, 11) is 1.71. The van der Waals surface area contributed by atoms with E-state index in [9.17, 15) is 0 Å². The van der Waals surface area contributed by atoms with Crippen LogP contribution >= 0.6 is 11.3 Å². The molecule has 1 aliphatic rings. The highest BCUT2D eigenvalue weighted by Crippen LogP contribution is 2.36. The molecule has 0 bridgehead atoms. The van der Waals surface area contributed by atoms with Gasteiger partial charge in [-0.25, -0.2) is 4.98 Å². The Bertz CT molecular complexity index is 544. The van der Waals surface area contributed by atoms with Crippen LogP contribution in [-0.4, -0.2) is 18.6 Å². The number of benzene rings is 1. The second-order valence-electron chi connectivity index (χ2n) is 4.46. The van der Waals surface area contributed by atoms with Crippen LogP contribution in [0, 0.1) is 6.92 Å². The summed E-state index contributed by atoms with van der Waals surface area (Å²) in [5.41, 5.74) is 2.30. The molecule has 17 heavy (non-hydrogen) atoms. The molecule has 1 aromatic heterocycles. The summed E-state index contributed by atoms with van der Waals surface area (Å²) in [4.78, 5) is 4.76. The summed E-state index contributed by atoms with van der Waals surface area (Å²) in [5.74, 6) is 0.881. The fourth-order valence-corrected chi connectivity index (χ4v) is 3.50. The van der Waals surface area contributed by atoms with E-state index in [4.69, 9.17) is 9.72 Å². The molecular weight excluding hydrogens is 232 g/mol. The van der Waals surface area contributed by atoms with Gasteiger partial charge in [0, 0.05) is 0 Å². The number of nitrogens with one attached hydrogen (secondary N) is 1. The van der Waals surface area contributed by atoms with Crippen molar-refractivity contribution in [3.63, 3.8) is 0 Å². The van der Waals surface area contributed by atoms with Gasteiger partial charge in [-0.05, 0) is 37.9 Å². The van der Waals surface area contributed by atoms with Gasteiger partial charge in [0.2, 0.25) is 0 Å². The first-order chi connectivity index (χ1) is 8.29. The number of thiazole rings is 1. The fourth-order valence-electron chi connectivity index (χ4n) is 2.34. The third kappa shape index (κ3) is 1.81. The molecule has 0 spiro atoms. The van der Waals surface area contributed by atoms with E-state index in [0.29, 0.717) is 6.04 Å². The predicted molar refractivity (Wildman–Crippen MR) is 70.9 cm³/mol. The number of rotatable bonds is 2. The van der Waals surface area contributed by atoms with Gasteiger partial charge in [0.1, 0.15) is 16.3 Å². The quantitative estimate of drug-likeness (QED) is 0.887. The average molecular weight is 248 g/mol. The van der Waals surface area contributed by atoms with Gasteiger partial charge >= 0.3 is 0 Å². The minimum absolute atomic E-state index is 0.441. The zero-order chi connectivity index (χ0) is 11.8. The molecule has 1 aliphatic heterocycles. The van der Waals surface area contributed by atoms with Crippen molar-refractivity contribution in [1.29, 1.82) is 0 Å². The molecule has 1 fully saturated rings. The molecule has 0 amide bonds. The number of ether oxygens (including phenoxy) is 1. The third-order valence-electron chi connectivity index (χ3n) is 3.30. The van der Waals surface area contributed by atoms with Crippen LogP contribution in [-0.2, 0) is 0 Å². The Hall–Kier alpha value is -1.13. The second kappa shape index (κ2) is 4.27. The van der Waals surface area contributed by atoms with E-state index in [0.717, 1.165) is 17.8 Å². The summed E-state index contributed by atoms with van der Waals surface area (Å²) in [6.45, 7) is 3.24. The van der Waals surface area contributed by atoms with E-state index in [2.05, 4.69) is 18.3 Å². The van der Waals surface area contributed by atoms with Crippen molar-refractivity contribution in [3.05, 3.63) is 22.7 Å². The molecule has 2 heterocycles. The van der Waals surface area contributed by atoms with Crippen LogP contribution in [0.3, 0.4) is 0 Å². The van der Waals surface area contributed by atoms with E-state index in [-0.39, 0.29) is 0 Å². The first-order valence-corrected chi connectivity index (χ1v) is 6.78. The smallest absolute Gasteiger partial charge is 0.145 e. The molecule has 90 valence electrons. The maximum absolute atomic E-state index is 5.38. The summed E-state index contributed by atoms with van der Waals surface area (Å²) in [6, 6.07) is 4.55. The van der Waals surface area contributed by atoms with Crippen molar-refractivity contribution in [1.82, 2.24) is 10.3 Å². The molecule has 1 unspecified atom stereocenters. The lowest BCUT2D eigenvalue weighted by atomic mass is 10.2. The molecule has 4 heteroatoms. The van der Waals surface area contributed by atoms with Crippen molar-refractivity contribution in [2.75, 3.05) is 13.7 Å². The van der Waals surface area contributed by atoms with Crippen LogP contribution < -0.4 is 10.1 Å². The molecular formula is C13H16N2OS. The highest BCUT2D eigenvalue weighted by atomic mass is 32.1. The molecule has 1 aromatic carbocycles. The van der Waals surface area contributed by atoms with Gasteiger partial charge < -0.3 is 10.1 Å². The van der Waals surface area contributed by atoms with Gasteiger partial charge in [0.05, 0.1) is 17.9 Å². The molecule has 1 N–H and O–H groups in total. The topological polar surface area (TPSA) is 34.1 Å². The van der Waals surface area contributed by atoms with Gasteiger partial charge in [-0.2, -0.15) is 0 Å². The number of fused-ring (bicyclic) bond motifs is 1. The molecule has 0 aliphatic carbocycles. The summed E-state index contributed by atoms with van der Waals surface area (Å²) >= 11 is 1.80. The molecule has 1 saturated heterocycles. The molecule has 0 saturated carbocycles. The van der Waals surface area contributed by atoms with E-state index in [1.165, 1.54) is 28.1 Å². The van der Waals surface area contributed by atoms with E-state index >= 15 is 0 Å². The van der Waals surface area contributed by atoms with Crippen LogP contribution in [0.2, 0.25) is 0 Å². The van der Waals surface area contributed by atoms with E-state index in [1.54, 1.807) is 18.4 Å². The zero-order valence-corrected chi connectivity index (χ0v) is 10.9. The third-order valence-corrected chi connectivity index (χ3v) is 4.60. The highest BCUT2D eigenvalue weighted by Gasteiger charge is 2.21. The Morgan fingerprint density at radius 1 is 1.47 bits per heavy atom. The minimum Gasteiger partial charge on any atom is -0.494 e. The zero-order valence-electron chi connectivity index (χ0n) is 10.1. The number of aromatic nitrogens is 1. The van der Waals surface area contributed by atoms with Gasteiger partial charge in [0.25, 0.3) is 0 Å². The SMILES string of the molecule is COc1ccc(C)c2sc(C3CCCN3)nc12. The van der Waals surface area contributed by atoms with Gasteiger partial charge in [0.15, 0.2) is 0 Å². The first-order valence-electron chi connectivity index (χ1n) is 5.97. The average Bonchev–Trinajstić information content (AvgIpc) is 2.98. The van der Waals surface area contributed by atoms with Crippen LogP contribution in [0.4, 0.5) is 0 Å². The molecule has 0 radical (unpaired) electrons. The molecule has 2 aromatic rings. The molecule has 1 atom stereocenters. The lowest BCUT2D eigenvalue weighted by Gasteiger charge is -2.03. The van der Waals surface area contributed by atoms with Gasteiger partial charge in [-0.3, -0.25) is 0 Å². The second-order valence-corrected chi connectivity index (χ2v) is 5.49. The number of nitrogens with zero attached hydrogens (tertiary/aromatic N) is 1.